The first kappa shape index (κ1) is 20.8. The van der Waals surface area contributed by atoms with Crippen LogP contribution in [-0.4, -0.2) is 41.3 Å². The molecule has 0 atom stereocenters. The summed E-state index contributed by atoms with van der Waals surface area (Å²) in [5.41, 5.74) is 5.86. The minimum absolute atomic E-state index is 0.164. The van der Waals surface area contributed by atoms with E-state index in [1.54, 1.807) is 7.11 Å². The van der Waals surface area contributed by atoms with Gasteiger partial charge < -0.3 is 14.2 Å². The Labute approximate surface area is 188 Å². The third kappa shape index (κ3) is 3.22. The Morgan fingerprint density at radius 3 is 2.31 bits per heavy atom. The predicted octanol–water partition coefficient (Wildman–Crippen LogP) is 4.33. The highest BCUT2D eigenvalue weighted by atomic mass is 16.5. The maximum absolute atomic E-state index is 13.4. The minimum atomic E-state index is -0.316. The Morgan fingerprint density at radius 1 is 1.03 bits per heavy atom. The van der Waals surface area contributed by atoms with Crippen molar-refractivity contribution < 1.29 is 14.3 Å². The van der Waals surface area contributed by atoms with Crippen LogP contribution in [0.3, 0.4) is 0 Å². The van der Waals surface area contributed by atoms with Crippen molar-refractivity contribution in [2.24, 2.45) is 0 Å². The molecule has 2 aliphatic carbocycles. The summed E-state index contributed by atoms with van der Waals surface area (Å²) in [5, 5.41) is 1.06. The van der Waals surface area contributed by atoms with Gasteiger partial charge in [-0.1, -0.05) is 24.1 Å². The van der Waals surface area contributed by atoms with Gasteiger partial charge in [-0.25, -0.2) is 0 Å². The van der Waals surface area contributed by atoms with Crippen LogP contribution in [0.25, 0.3) is 10.9 Å². The summed E-state index contributed by atoms with van der Waals surface area (Å²) >= 11 is 0. The molecule has 3 aliphatic rings. The third-order valence-corrected chi connectivity index (χ3v) is 7.00. The highest BCUT2D eigenvalue weighted by molar-refractivity contribution is 6.07. The lowest BCUT2D eigenvalue weighted by Gasteiger charge is -2.43. The smallest absolute Gasteiger partial charge is 0.161 e. The van der Waals surface area contributed by atoms with Gasteiger partial charge >= 0.3 is 0 Å². The maximum atomic E-state index is 13.4. The van der Waals surface area contributed by atoms with Crippen LogP contribution < -0.4 is 0 Å². The zero-order valence-corrected chi connectivity index (χ0v) is 18.5. The summed E-state index contributed by atoms with van der Waals surface area (Å²) in [6, 6.07) is 8.14. The summed E-state index contributed by atoms with van der Waals surface area (Å²) in [5.74, 6) is 2.75. The molecule has 2 aromatic rings. The van der Waals surface area contributed by atoms with E-state index in [0.29, 0.717) is 32.5 Å². The van der Waals surface area contributed by atoms with Crippen LogP contribution >= 0.6 is 0 Å². The molecule has 5 heteroatoms. The molecule has 1 aromatic heterocycles. The zero-order valence-electron chi connectivity index (χ0n) is 18.5. The predicted molar refractivity (Wildman–Crippen MR) is 124 cm³/mol. The number of methoxy groups -OCH3 is 1. The van der Waals surface area contributed by atoms with Crippen LogP contribution in [0, 0.1) is 12.3 Å². The first-order chi connectivity index (χ1) is 15.7. The van der Waals surface area contributed by atoms with Crippen molar-refractivity contribution in [3.8, 4) is 12.3 Å². The van der Waals surface area contributed by atoms with Crippen molar-refractivity contribution >= 4 is 22.5 Å². The van der Waals surface area contributed by atoms with E-state index in [9.17, 15) is 9.59 Å². The van der Waals surface area contributed by atoms with Gasteiger partial charge in [-0.05, 0) is 37.3 Å². The molecule has 164 valence electrons. The third-order valence-electron chi connectivity index (χ3n) is 7.00. The molecular weight excluding hydrogens is 400 g/mol. The molecule has 0 saturated carbocycles. The first-order valence-corrected chi connectivity index (χ1v) is 11.5. The van der Waals surface area contributed by atoms with Crippen molar-refractivity contribution in [1.29, 1.82) is 0 Å². The summed E-state index contributed by atoms with van der Waals surface area (Å²) in [7, 11) is 1.69. The van der Waals surface area contributed by atoms with Crippen LogP contribution in [0.15, 0.2) is 53.0 Å². The summed E-state index contributed by atoms with van der Waals surface area (Å²) in [6.45, 7) is 1.68. The number of aromatic nitrogens is 1. The van der Waals surface area contributed by atoms with Crippen LogP contribution in [0.5, 0.6) is 0 Å². The fourth-order valence-corrected chi connectivity index (χ4v) is 5.71. The number of hydrogen-bond donors (Lipinski definition) is 0. The number of hydrogen-bond acceptors (Lipinski definition) is 4. The number of terminal acetylenes is 1. The van der Waals surface area contributed by atoms with Gasteiger partial charge in [0.05, 0.1) is 13.2 Å². The molecule has 5 nitrogen and oxygen atoms in total. The summed E-state index contributed by atoms with van der Waals surface area (Å²) in [6.07, 6.45) is 12.2. The van der Waals surface area contributed by atoms with Gasteiger partial charge in [0.1, 0.15) is 0 Å². The lowest BCUT2D eigenvalue weighted by molar-refractivity contribution is -0.117. The van der Waals surface area contributed by atoms with Crippen molar-refractivity contribution in [1.82, 2.24) is 9.47 Å². The maximum Gasteiger partial charge on any atom is 0.161 e. The molecule has 2 heterocycles. The van der Waals surface area contributed by atoms with E-state index in [1.807, 2.05) is 12.1 Å². The Morgan fingerprint density at radius 2 is 1.69 bits per heavy atom. The lowest BCUT2D eigenvalue weighted by Crippen LogP contribution is -2.40. The quantitative estimate of drug-likeness (QED) is 0.665. The van der Waals surface area contributed by atoms with Gasteiger partial charge in [-0.15, -0.1) is 6.42 Å². The Bertz CT molecular complexity index is 1160. The van der Waals surface area contributed by atoms with E-state index in [-0.39, 0.29) is 17.5 Å². The molecule has 5 rings (SSSR count). The van der Waals surface area contributed by atoms with Gasteiger partial charge in [0, 0.05) is 72.1 Å². The second kappa shape index (κ2) is 8.44. The van der Waals surface area contributed by atoms with Crippen molar-refractivity contribution in [3.05, 3.63) is 58.6 Å². The van der Waals surface area contributed by atoms with E-state index < -0.39 is 0 Å². The number of allylic oxidation sites excluding steroid dienone is 4. The number of benzene rings is 1. The monoisotopic (exact) mass is 428 g/mol. The molecular formula is C27H28N2O3. The van der Waals surface area contributed by atoms with Crippen LogP contribution in [0.1, 0.15) is 50.0 Å². The number of carbonyl (C=O) groups excluding carboxylic acids is 2. The standard InChI is InChI=1S/C27H28N2O3/c1-3-14-28-17-19(18-8-4-5-9-20(18)28)25-26-21(10-6-12-23(26)30)29(15-16-32-2)22-11-7-13-24(31)27(22)25/h1,4-5,8-9,17,25H,6-7,10-16H2,2H3. The fourth-order valence-electron chi connectivity index (χ4n) is 5.71. The van der Waals surface area contributed by atoms with E-state index in [2.05, 4.69) is 33.7 Å². The summed E-state index contributed by atoms with van der Waals surface area (Å²) < 4.78 is 7.44. The Balaban J connectivity index is 1.78. The Hall–Kier alpha value is -3.10. The number of carbonyl (C=O) groups is 2. The van der Waals surface area contributed by atoms with Crippen LogP contribution in [0.4, 0.5) is 0 Å². The summed E-state index contributed by atoms with van der Waals surface area (Å²) in [4.78, 5) is 29.0. The number of Topliss-reactive ketones (excluding diaryl/α,β-unsaturated/α-hetero) is 2. The average Bonchev–Trinajstić information content (AvgIpc) is 3.16. The zero-order chi connectivity index (χ0) is 22.2. The molecule has 0 bridgehead atoms. The van der Waals surface area contributed by atoms with Gasteiger partial charge in [-0.2, -0.15) is 0 Å². The normalized spacial score (nSPS) is 19.4. The molecule has 0 amide bonds. The number of fused-ring (bicyclic) bond motifs is 1. The number of rotatable bonds is 5. The number of ketones is 2. The Kier molecular flexibility index (Phi) is 5.48. The molecule has 0 spiro atoms. The highest BCUT2D eigenvalue weighted by Gasteiger charge is 2.43. The number of ether oxygens (including phenoxy) is 1. The van der Waals surface area contributed by atoms with Crippen molar-refractivity contribution in [3.63, 3.8) is 0 Å². The van der Waals surface area contributed by atoms with Crippen molar-refractivity contribution in [2.45, 2.75) is 51.0 Å². The topological polar surface area (TPSA) is 51.5 Å². The van der Waals surface area contributed by atoms with Crippen LogP contribution in [-0.2, 0) is 20.9 Å². The molecule has 0 fully saturated rings. The van der Waals surface area contributed by atoms with Crippen molar-refractivity contribution in [2.75, 3.05) is 20.3 Å². The molecule has 0 N–H and O–H groups in total. The largest absolute Gasteiger partial charge is 0.383 e. The molecule has 1 aromatic carbocycles. The van der Waals surface area contributed by atoms with Gasteiger partial charge in [-0.3, -0.25) is 9.59 Å². The van der Waals surface area contributed by atoms with Gasteiger partial charge in [0.2, 0.25) is 0 Å². The molecule has 0 saturated heterocycles. The fraction of sp³-hybridized carbons (Fsp3) is 0.407. The van der Waals surface area contributed by atoms with E-state index >= 15 is 0 Å². The number of nitrogens with zero attached hydrogens (tertiary/aromatic N) is 2. The first-order valence-electron chi connectivity index (χ1n) is 11.5. The lowest BCUT2D eigenvalue weighted by atomic mass is 9.71. The van der Waals surface area contributed by atoms with Crippen LogP contribution in [0.2, 0.25) is 0 Å². The highest BCUT2D eigenvalue weighted by Crippen LogP contribution is 2.50. The van der Waals surface area contributed by atoms with E-state index in [4.69, 9.17) is 11.2 Å². The molecule has 32 heavy (non-hydrogen) atoms. The minimum Gasteiger partial charge on any atom is -0.383 e. The number of para-hydroxylation sites is 1. The molecule has 1 aliphatic heterocycles. The van der Waals surface area contributed by atoms with Gasteiger partial charge in [0.15, 0.2) is 11.6 Å². The second-order valence-corrected chi connectivity index (χ2v) is 8.79. The van der Waals surface area contributed by atoms with Gasteiger partial charge in [0.25, 0.3) is 0 Å². The second-order valence-electron chi connectivity index (χ2n) is 8.79. The van der Waals surface area contributed by atoms with E-state index in [1.165, 1.54) is 0 Å². The molecule has 0 unspecified atom stereocenters. The molecule has 0 radical (unpaired) electrons. The van der Waals surface area contributed by atoms with E-state index in [0.717, 1.165) is 64.7 Å². The SMILES string of the molecule is C#CCn1cc(C2C3=C(CCCC3=O)N(CCOC)C3=C2C(=O)CCC3)c2ccccc21. The average molecular weight is 429 g/mol.